The Labute approximate surface area is 137 Å². The molecule has 3 aromatic rings. The van der Waals surface area contributed by atoms with Gasteiger partial charge in [-0.05, 0) is 31.7 Å². The highest BCUT2D eigenvalue weighted by Gasteiger charge is 2.28. The van der Waals surface area contributed by atoms with Crippen LogP contribution in [0.25, 0.3) is 22.1 Å². The molecule has 118 valence electrons. The number of benzene rings is 1. The van der Waals surface area contributed by atoms with Crippen LogP contribution in [0.5, 0.6) is 0 Å². The fraction of sp³-hybridized carbons (Fsp3) is 0.375. The molecule has 0 saturated heterocycles. The van der Waals surface area contributed by atoms with Gasteiger partial charge in [0.2, 0.25) is 11.1 Å². The number of para-hydroxylation sites is 1. The number of hydrogen-bond donors (Lipinski definition) is 2. The second-order valence-electron chi connectivity index (χ2n) is 5.94. The molecule has 0 unspecified atom stereocenters. The van der Waals surface area contributed by atoms with Crippen LogP contribution >= 0.6 is 11.8 Å². The summed E-state index contributed by atoms with van der Waals surface area (Å²) in [6.45, 7) is 2.06. The highest BCUT2D eigenvalue weighted by Crippen LogP contribution is 2.32. The molecule has 1 aliphatic carbocycles. The van der Waals surface area contributed by atoms with E-state index in [0.717, 1.165) is 16.4 Å². The maximum Gasteiger partial charge on any atom is 0.230 e. The first-order valence-electron chi connectivity index (χ1n) is 7.74. The number of hydrogen-bond acceptors (Lipinski definition) is 5. The molecular weight excluding hydrogens is 310 g/mol. The van der Waals surface area contributed by atoms with Gasteiger partial charge in [0.1, 0.15) is 5.52 Å². The van der Waals surface area contributed by atoms with E-state index in [1.165, 1.54) is 24.6 Å². The molecule has 2 aromatic heterocycles. The van der Waals surface area contributed by atoms with Crippen molar-refractivity contribution in [3.63, 3.8) is 0 Å². The van der Waals surface area contributed by atoms with Crippen LogP contribution in [0.1, 0.15) is 19.8 Å². The maximum atomic E-state index is 11.9. The zero-order chi connectivity index (χ0) is 15.8. The third kappa shape index (κ3) is 3.01. The first-order valence-corrected chi connectivity index (χ1v) is 8.72. The quantitative estimate of drug-likeness (QED) is 0.704. The van der Waals surface area contributed by atoms with Gasteiger partial charge in [0.15, 0.2) is 5.65 Å². The van der Waals surface area contributed by atoms with E-state index >= 15 is 0 Å². The van der Waals surface area contributed by atoms with Gasteiger partial charge in [-0.3, -0.25) is 4.79 Å². The molecule has 0 bridgehead atoms. The first-order chi connectivity index (χ1) is 11.2. The second kappa shape index (κ2) is 5.81. The number of carbonyl (C=O) groups is 1. The van der Waals surface area contributed by atoms with Crippen LogP contribution in [0.4, 0.5) is 0 Å². The molecule has 0 aliphatic heterocycles. The zero-order valence-electron chi connectivity index (χ0n) is 12.7. The van der Waals surface area contributed by atoms with Crippen LogP contribution in [0.15, 0.2) is 29.4 Å². The number of carbonyl (C=O) groups excluding carboxylic acids is 1. The Kier molecular flexibility index (Phi) is 3.65. The number of aromatic nitrogens is 4. The number of thioether (sulfide) groups is 1. The lowest BCUT2D eigenvalue weighted by Gasteiger charge is -2.11. The molecule has 0 spiro atoms. The van der Waals surface area contributed by atoms with E-state index in [1.54, 1.807) is 0 Å². The number of rotatable bonds is 5. The van der Waals surface area contributed by atoms with Gasteiger partial charge in [-0.15, -0.1) is 10.2 Å². The topological polar surface area (TPSA) is 83.6 Å². The third-order valence-corrected chi connectivity index (χ3v) is 4.99. The van der Waals surface area contributed by atoms with Crippen LogP contribution in [0.2, 0.25) is 0 Å². The molecular formula is C16H17N5OS. The predicted molar refractivity (Wildman–Crippen MR) is 90.2 cm³/mol. The molecule has 1 aliphatic rings. The molecule has 1 atom stereocenters. The summed E-state index contributed by atoms with van der Waals surface area (Å²) in [6, 6.07) is 8.16. The van der Waals surface area contributed by atoms with E-state index in [1.807, 2.05) is 24.3 Å². The highest BCUT2D eigenvalue weighted by atomic mass is 32.2. The largest absolute Gasteiger partial charge is 0.353 e. The number of aromatic amines is 1. The van der Waals surface area contributed by atoms with Gasteiger partial charge >= 0.3 is 0 Å². The Morgan fingerprint density at radius 2 is 2.22 bits per heavy atom. The summed E-state index contributed by atoms with van der Waals surface area (Å²) in [7, 11) is 0. The average Bonchev–Trinajstić information content (AvgIpc) is 3.34. The molecule has 2 N–H and O–H groups in total. The van der Waals surface area contributed by atoms with Crippen molar-refractivity contribution < 1.29 is 4.79 Å². The van der Waals surface area contributed by atoms with E-state index in [2.05, 4.69) is 32.4 Å². The Morgan fingerprint density at radius 3 is 3.04 bits per heavy atom. The number of nitrogens with one attached hydrogen (secondary N) is 2. The average molecular weight is 327 g/mol. The van der Waals surface area contributed by atoms with Crippen LogP contribution < -0.4 is 5.32 Å². The molecule has 4 rings (SSSR count). The van der Waals surface area contributed by atoms with Crippen LogP contribution in [-0.2, 0) is 4.79 Å². The van der Waals surface area contributed by atoms with E-state index in [0.29, 0.717) is 22.5 Å². The van der Waals surface area contributed by atoms with Crippen LogP contribution in [0.3, 0.4) is 0 Å². The fourth-order valence-electron chi connectivity index (χ4n) is 2.71. The summed E-state index contributed by atoms with van der Waals surface area (Å²) >= 11 is 1.31. The summed E-state index contributed by atoms with van der Waals surface area (Å²) in [5.41, 5.74) is 2.45. The van der Waals surface area contributed by atoms with Gasteiger partial charge in [-0.1, -0.05) is 30.0 Å². The fourth-order valence-corrected chi connectivity index (χ4v) is 3.30. The number of fused-ring (bicyclic) bond motifs is 3. The molecule has 1 saturated carbocycles. The smallest absolute Gasteiger partial charge is 0.230 e. The molecule has 2 heterocycles. The van der Waals surface area contributed by atoms with Gasteiger partial charge < -0.3 is 10.3 Å². The third-order valence-electron chi connectivity index (χ3n) is 4.15. The zero-order valence-corrected chi connectivity index (χ0v) is 13.6. The van der Waals surface area contributed by atoms with Crippen molar-refractivity contribution in [2.24, 2.45) is 5.92 Å². The normalized spacial score (nSPS) is 15.9. The SMILES string of the molecule is C[C@@H](NC(=O)CSc1nnc2c(n1)[nH]c1ccccc12)C1CC1. The van der Waals surface area contributed by atoms with E-state index < -0.39 is 0 Å². The summed E-state index contributed by atoms with van der Waals surface area (Å²) in [5.74, 6) is 0.990. The minimum atomic E-state index is 0.0229. The molecule has 6 nitrogen and oxygen atoms in total. The molecule has 1 aromatic carbocycles. The number of H-pyrrole nitrogens is 1. The lowest BCUT2D eigenvalue weighted by Crippen LogP contribution is -2.35. The van der Waals surface area contributed by atoms with E-state index in [-0.39, 0.29) is 11.9 Å². The number of nitrogens with zero attached hydrogens (tertiary/aromatic N) is 3. The van der Waals surface area contributed by atoms with Gasteiger partial charge in [0, 0.05) is 16.9 Å². The minimum Gasteiger partial charge on any atom is -0.353 e. The van der Waals surface area contributed by atoms with Crippen molar-refractivity contribution >= 4 is 39.7 Å². The lowest BCUT2D eigenvalue weighted by atomic mass is 10.2. The van der Waals surface area contributed by atoms with Crippen molar-refractivity contribution in [3.05, 3.63) is 24.3 Å². The molecule has 23 heavy (non-hydrogen) atoms. The van der Waals surface area contributed by atoms with Crippen molar-refractivity contribution in [1.29, 1.82) is 0 Å². The van der Waals surface area contributed by atoms with Crippen molar-refractivity contribution in [2.45, 2.75) is 31.0 Å². The maximum absolute atomic E-state index is 11.9. The van der Waals surface area contributed by atoms with Crippen molar-refractivity contribution in [3.8, 4) is 0 Å². The van der Waals surface area contributed by atoms with Crippen molar-refractivity contribution in [1.82, 2.24) is 25.5 Å². The Balaban J connectivity index is 1.46. The molecule has 7 heteroatoms. The van der Waals surface area contributed by atoms with Crippen LogP contribution in [-0.4, -0.2) is 37.9 Å². The Bertz CT molecular complexity index is 873. The second-order valence-corrected chi connectivity index (χ2v) is 6.89. The van der Waals surface area contributed by atoms with Crippen LogP contribution in [0, 0.1) is 5.92 Å². The summed E-state index contributed by atoms with van der Waals surface area (Å²) in [4.78, 5) is 19.6. The predicted octanol–water partition coefficient (Wildman–Crippen LogP) is 2.51. The van der Waals surface area contributed by atoms with Gasteiger partial charge in [-0.2, -0.15) is 0 Å². The molecule has 1 fully saturated rings. The Hall–Kier alpha value is -2.15. The first kappa shape index (κ1) is 14.4. The van der Waals surface area contributed by atoms with Crippen molar-refractivity contribution in [2.75, 3.05) is 5.75 Å². The lowest BCUT2D eigenvalue weighted by molar-refractivity contribution is -0.119. The number of amides is 1. The van der Waals surface area contributed by atoms with Gasteiger partial charge in [0.05, 0.1) is 5.75 Å². The van der Waals surface area contributed by atoms with Gasteiger partial charge in [-0.25, -0.2) is 4.98 Å². The van der Waals surface area contributed by atoms with Gasteiger partial charge in [0.25, 0.3) is 0 Å². The molecule has 0 radical (unpaired) electrons. The Morgan fingerprint density at radius 1 is 1.39 bits per heavy atom. The summed E-state index contributed by atoms with van der Waals surface area (Å²) in [5, 5.41) is 12.9. The van der Waals surface area contributed by atoms with E-state index in [4.69, 9.17) is 0 Å². The minimum absolute atomic E-state index is 0.0229. The summed E-state index contributed by atoms with van der Waals surface area (Å²) < 4.78 is 0. The van der Waals surface area contributed by atoms with E-state index in [9.17, 15) is 4.79 Å². The monoisotopic (exact) mass is 327 g/mol. The molecule has 1 amide bonds. The summed E-state index contributed by atoms with van der Waals surface area (Å²) in [6.07, 6.45) is 2.44. The standard InChI is InChI=1S/C16H17N5OS/c1-9(10-6-7-10)17-13(22)8-23-16-19-15-14(20-21-16)11-4-2-3-5-12(11)18-15/h2-5,9-10H,6-8H2,1H3,(H,17,22)(H,18,19,21)/t9-/m1/s1. The highest BCUT2D eigenvalue weighted by molar-refractivity contribution is 7.99.